The molecule has 0 aromatic heterocycles. The topological polar surface area (TPSA) is 149 Å². The number of unbranched alkanes of at least 4 members (excludes halogenated alkanes) is 1. The molecule has 202 valence electrons. The molecule has 1 aromatic carbocycles. The van der Waals surface area contributed by atoms with Gasteiger partial charge in [-0.2, -0.15) is 11.8 Å². The lowest BCUT2D eigenvalue weighted by atomic mass is 10.1. The fraction of sp³-hybridized carbons (Fsp3) is 0.600. The highest BCUT2D eigenvalue weighted by Gasteiger charge is 2.26. The summed E-state index contributed by atoms with van der Waals surface area (Å²) in [5, 5.41) is 7.79. The number of nitrogens with two attached hydrogens (primary N) is 1. The van der Waals surface area contributed by atoms with Crippen molar-refractivity contribution in [3.8, 4) is 0 Å². The van der Waals surface area contributed by atoms with Crippen LogP contribution in [0.15, 0.2) is 30.3 Å². The van der Waals surface area contributed by atoms with Crippen molar-refractivity contribution in [2.75, 3.05) is 25.1 Å². The van der Waals surface area contributed by atoms with Crippen LogP contribution >= 0.6 is 11.8 Å². The first-order valence-corrected chi connectivity index (χ1v) is 13.4. The second-order valence-electron chi connectivity index (χ2n) is 9.24. The van der Waals surface area contributed by atoms with Gasteiger partial charge in [0.15, 0.2) is 0 Å². The zero-order chi connectivity index (χ0) is 27.0. The monoisotopic (exact) mass is 524 g/mol. The molecule has 2 atom stereocenters. The standard InChI is InChI=1S/C25H40N4O6S/c1-25(2,3)35-23(32)20(29-21(30)16-28-22(31)19(26)13-15-36-4)12-8-9-14-27-24(33)34-17-18-10-6-5-7-11-18/h5-7,10-11,19-20H,8-9,12-17,26H2,1-4H3,(H,27,33)(H,28,31)(H,29,30)/t19-,20-/m0/s1. The first-order valence-electron chi connectivity index (χ1n) is 12.0. The molecule has 0 aliphatic rings. The zero-order valence-electron chi connectivity index (χ0n) is 21.6. The van der Waals surface area contributed by atoms with Crippen LogP contribution in [0.4, 0.5) is 4.79 Å². The molecule has 1 rings (SSSR count). The molecule has 0 heterocycles. The number of amides is 3. The van der Waals surface area contributed by atoms with E-state index in [1.807, 2.05) is 36.6 Å². The van der Waals surface area contributed by atoms with Gasteiger partial charge in [0.2, 0.25) is 11.8 Å². The molecule has 0 radical (unpaired) electrons. The first kappa shape index (κ1) is 31.2. The highest BCUT2D eigenvalue weighted by Crippen LogP contribution is 2.11. The van der Waals surface area contributed by atoms with Gasteiger partial charge in [-0.3, -0.25) is 9.59 Å². The Morgan fingerprint density at radius 3 is 2.36 bits per heavy atom. The number of ether oxygens (including phenoxy) is 2. The van der Waals surface area contributed by atoms with Crippen molar-refractivity contribution in [1.29, 1.82) is 0 Å². The zero-order valence-corrected chi connectivity index (χ0v) is 22.4. The Morgan fingerprint density at radius 2 is 1.72 bits per heavy atom. The number of hydrogen-bond donors (Lipinski definition) is 4. The highest BCUT2D eigenvalue weighted by atomic mass is 32.2. The average Bonchev–Trinajstić information content (AvgIpc) is 2.83. The van der Waals surface area contributed by atoms with Crippen LogP contribution < -0.4 is 21.7 Å². The SMILES string of the molecule is CSCC[C@H](N)C(=O)NCC(=O)N[C@@H](CCCCNC(=O)OCc1ccccc1)C(=O)OC(C)(C)C. The number of nitrogens with one attached hydrogen (secondary N) is 3. The number of thioether (sulfide) groups is 1. The lowest BCUT2D eigenvalue weighted by Crippen LogP contribution is -2.49. The fourth-order valence-electron chi connectivity index (χ4n) is 2.98. The number of hydrogen-bond acceptors (Lipinski definition) is 8. The Balaban J connectivity index is 2.45. The summed E-state index contributed by atoms with van der Waals surface area (Å²) in [4.78, 5) is 48.9. The van der Waals surface area contributed by atoms with Gasteiger partial charge in [0.1, 0.15) is 18.2 Å². The molecule has 0 saturated carbocycles. The molecule has 36 heavy (non-hydrogen) atoms. The smallest absolute Gasteiger partial charge is 0.407 e. The lowest BCUT2D eigenvalue weighted by Gasteiger charge is -2.24. The van der Waals surface area contributed by atoms with E-state index in [1.54, 1.807) is 32.5 Å². The Labute approximate surface area is 217 Å². The van der Waals surface area contributed by atoms with E-state index >= 15 is 0 Å². The van der Waals surface area contributed by atoms with Crippen LogP contribution in [0, 0.1) is 0 Å². The summed E-state index contributed by atoms with van der Waals surface area (Å²) in [6.45, 7) is 5.46. The second kappa shape index (κ2) is 16.8. The van der Waals surface area contributed by atoms with Crippen molar-refractivity contribution in [3.05, 3.63) is 35.9 Å². The third kappa shape index (κ3) is 14.6. The Morgan fingerprint density at radius 1 is 1.03 bits per heavy atom. The van der Waals surface area contributed by atoms with E-state index in [1.165, 1.54) is 0 Å². The number of esters is 1. The minimum atomic E-state index is -0.885. The summed E-state index contributed by atoms with van der Waals surface area (Å²) in [6, 6.07) is 7.77. The Kier molecular flexibility index (Phi) is 14.6. The van der Waals surface area contributed by atoms with E-state index in [0.717, 1.165) is 11.3 Å². The van der Waals surface area contributed by atoms with Crippen LogP contribution in [0.2, 0.25) is 0 Å². The number of carbonyl (C=O) groups excluding carboxylic acids is 4. The summed E-state index contributed by atoms with van der Waals surface area (Å²) in [5.41, 5.74) is 5.97. The molecule has 11 heteroatoms. The molecular formula is C25H40N4O6S. The summed E-state index contributed by atoms with van der Waals surface area (Å²) >= 11 is 1.58. The summed E-state index contributed by atoms with van der Waals surface area (Å²) in [5.74, 6) is -0.757. The van der Waals surface area contributed by atoms with Crippen LogP contribution in [0.25, 0.3) is 0 Å². The molecule has 0 aliphatic heterocycles. The lowest BCUT2D eigenvalue weighted by molar-refractivity contribution is -0.158. The number of benzene rings is 1. The Hall–Kier alpha value is -2.79. The maximum Gasteiger partial charge on any atom is 0.407 e. The highest BCUT2D eigenvalue weighted by molar-refractivity contribution is 7.98. The molecule has 10 nitrogen and oxygen atoms in total. The van der Waals surface area contributed by atoms with Crippen LogP contribution in [-0.2, 0) is 30.5 Å². The molecule has 0 aliphatic carbocycles. The minimum absolute atomic E-state index is 0.179. The predicted molar refractivity (Wildman–Crippen MR) is 140 cm³/mol. The molecule has 0 spiro atoms. The molecule has 0 fully saturated rings. The molecule has 0 bridgehead atoms. The summed E-state index contributed by atoms with van der Waals surface area (Å²) < 4.78 is 10.6. The summed E-state index contributed by atoms with van der Waals surface area (Å²) in [6.07, 6.45) is 3.31. The number of carbonyl (C=O) groups is 4. The van der Waals surface area contributed by atoms with E-state index in [-0.39, 0.29) is 13.2 Å². The second-order valence-corrected chi connectivity index (χ2v) is 10.2. The summed E-state index contributed by atoms with van der Waals surface area (Å²) in [7, 11) is 0. The van der Waals surface area contributed by atoms with Crippen molar-refractivity contribution in [1.82, 2.24) is 16.0 Å². The third-order valence-corrected chi connectivity index (χ3v) is 5.47. The predicted octanol–water partition coefficient (Wildman–Crippen LogP) is 2.11. The van der Waals surface area contributed by atoms with Gasteiger partial charge in [-0.25, -0.2) is 9.59 Å². The van der Waals surface area contributed by atoms with E-state index in [9.17, 15) is 19.2 Å². The van der Waals surface area contributed by atoms with Crippen molar-refractivity contribution < 1.29 is 28.7 Å². The number of rotatable bonds is 15. The third-order valence-electron chi connectivity index (χ3n) is 4.82. The maximum atomic E-state index is 12.6. The van der Waals surface area contributed by atoms with Gasteiger partial charge < -0.3 is 31.2 Å². The van der Waals surface area contributed by atoms with Gasteiger partial charge in [0.25, 0.3) is 0 Å². The van der Waals surface area contributed by atoms with E-state index in [2.05, 4.69) is 16.0 Å². The van der Waals surface area contributed by atoms with Crippen LogP contribution in [0.5, 0.6) is 0 Å². The van der Waals surface area contributed by atoms with E-state index < -0.39 is 41.6 Å². The fourth-order valence-corrected chi connectivity index (χ4v) is 3.47. The molecule has 0 unspecified atom stereocenters. The van der Waals surface area contributed by atoms with Gasteiger partial charge in [-0.1, -0.05) is 30.3 Å². The minimum Gasteiger partial charge on any atom is -0.458 e. The van der Waals surface area contributed by atoms with Crippen LogP contribution in [0.1, 0.15) is 52.0 Å². The maximum absolute atomic E-state index is 12.6. The van der Waals surface area contributed by atoms with Gasteiger partial charge in [0.05, 0.1) is 12.6 Å². The van der Waals surface area contributed by atoms with Gasteiger partial charge in [-0.15, -0.1) is 0 Å². The van der Waals surface area contributed by atoms with E-state index in [0.29, 0.717) is 32.2 Å². The van der Waals surface area contributed by atoms with Gasteiger partial charge in [-0.05, 0) is 64.0 Å². The first-order chi connectivity index (χ1) is 17.0. The molecule has 5 N–H and O–H groups in total. The Bertz CT molecular complexity index is 832. The largest absolute Gasteiger partial charge is 0.458 e. The van der Waals surface area contributed by atoms with Crippen LogP contribution in [-0.4, -0.2) is 66.7 Å². The molecule has 3 amide bonds. The molecule has 0 saturated heterocycles. The quantitative estimate of drug-likeness (QED) is 0.201. The van der Waals surface area contributed by atoms with Gasteiger partial charge in [0, 0.05) is 6.54 Å². The molecular weight excluding hydrogens is 484 g/mol. The van der Waals surface area contributed by atoms with Crippen molar-refractivity contribution in [3.63, 3.8) is 0 Å². The number of alkyl carbamates (subject to hydrolysis) is 1. The van der Waals surface area contributed by atoms with Crippen molar-refractivity contribution in [2.45, 2.75) is 70.7 Å². The molecule has 1 aromatic rings. The normalized spacial score (nSPS) is 12.7. The van der Waals surface area contributed by atoms with Crippen molar-refractivity contribution >= 4 is 35.6 Å². The van der Waals surface area contributed by atoms with Gasteiger partial charge >= 0.3 is 12.1 Å². The van der Waals surface area contributed by atoms with Crippen LogP contribution in [0.3, 0.4) is 0 Å². The van der Waals surface area contributed by atoms with E-state index in [4.69, 9.17) is 15.2 Å². The van der Waals surface area contributed by atoms with Crippen molar-refractivity contribution in [2.24, 2.45) is 5.73 Å². The average molecular weight is 525 g/mol.